The summed E-state index contributed by atoms with van der Waals surface area (Å²) < 4.78 is 24.5. The van der Waals surface area contributed by atoms with Crippen molar-refractivity contribution in [1.82, 2.24) is 19.5 Å². The topological polar surface area (TPSA) is 158 Å². The van der Waals surface area contributed by atoms with E-state index in [1.54, 1.807) is 41.5 Å². The molecule has 0 aromatic carbocycles. The van der Waals surface area contributed by atoms with Crippen molar-refractivity contribution < 1.29 is 33.3 Å². The van der Waals surface area contributed by atoms with Crippen LogP contribution < -0.4 is 5.73 Å². The highest BCUT2D eigenvalue weighted by Gasteiger charge is 2.52. The van der Waals surface area contributed by atoms with Crippen molar-refractivity contribution in [2.24, 2.45) is 17.8 Å². The van der Waals surface area contributed by atoms with Gasteiger partial charge in [0.1, 0.15) is 24.6 Å². The molecule has 2 aromatic heterocycles. The molecule has 186 valence electrons. The minimum Gasteiger partial charge on any atom is -0.463 e. The van der Waals surface area contributed by atoms with Crippen LogP contribution in [0.3, 0.4) is 0 Å². The van der Waals surface area contributed by atoms with E-state index in [-0.39, 0.29) is 18.3 Å². The summed E-state index contributed by atoms with van der Waals surface area (Å²) in [6.45, 7) is 9.93. The SMILES string of the molecule is CC(C)C(=O)OCC1OC(n2cnc3c(N)ncnc32)C(OC(=O)C(C)C)C1OC(=O)C(C)C. The summed E-state index contributed by atoms with van der Waals surface area (Å²) in [6, 6.07) is 0. The number of nitrogens with two attached hydrogens (primary N) is 1. The van der Waals surface area contributed by atoms with Crippen LogP contribution in [0.15, 0.2) is 12.7 Å². The van der Waals surface area contributed by atoms with Gasteiger partial charge in [0.05, 0.1) is 24.1 Å². The van der Waals surface area contributed by atoms with E-state index in [9.17, 15) is 14.4 Å². The molecule has 0 aliphatic carbocycles. The van der Waals surface area contributed by atoms with E-state index in [1.165, 1.54) is 17.2 Å². The van der Waals surface area contributed by atoms with Crippen molar-refractivity contribution in [3.63, 3.8) is 0 Å². The number of esters is 3. The molecule has 2 aromatic rings. The minimum atomic E-state index is -1.06. The van der Waals surface area contributed by atoms with E-state index in [2.05, 4.69) is 15.0 Å². The normalized spacial score (nSPS) is 22.5. The Morgan fingerprint density at radius 1 is 0.941 bits per heavy atom. The van der Waals surface area contributed by atoms with Crippen LogP contribution >= 0.6 is 0 Å². The molecule has 34 heavy (non-hydrogen) atoms. The van der Waals surface area contributed by atoms with Crippen LogP contribution in [0.2, 0.25) is 0 Å². The number of rotatable bonds is 8. The number of hydrogen-bond donors (Lipinski definition) is 1. The van der Waals surface area contributed by atoms with Crippen molar-refractivity contribution in [3.8, 4) is 0 Å². The summed E-state index contributed by atoms with van der Waals surface area (Å²) >= 11 is 0. The molecule has 0 bridgehead atoms. The highest BCUT2D eigenvalue weighted by Crippen LogP contribution is 2.37. The first kappa shape index (κ1) is 25.3. The van der Waals surface area contributed by atoms with Gasteiger partial charge in [0.2, 0.25) is 0 Å². The van der Waals surface area contributed by atoms with Gasteiger partial charge in [0.25, 0.3) is 0 Å². The molecule has 1 saturated heterocycles. The first-order valence-corrected chi connectivity index (χ1v) is 11.2. The Balaban J connectivity index is 2.02. The monoisotopic (exact) mass is 477 g/mol. The van der Waals surface area contributed by atoms with Crippen LogP contribution in [0.5, 0.6) is 0 Å². The van der Waals surface area contributed by atoms with Crippen molar-refractivity contribution in [2.75, 3.05) is 12.3 Å². The van der Waals surface area contributed by atoms with Crippen molar-refractivity contribution in [2.45, 2.75) is 66.1 Å². The highest BCUT2D eigenvalue weighted by atomic mass is 16.7. The van der Waals surface area contributed by atoms with Gasteiger partial charge >= 0.3 is 17.9 Å². The molecule has 0 spiro atoms. The number of anilines is 1. The van der Waals surface area contributed by atoms with E-state index >= 15 is 0 Å². The van der Waals surface area contributed by atoms with Crippen molar-refractivity contribution in [3.05, 3.63) is 12.7 Å². The zero-order valence-corrected chi connectivity index (χ0v) is 20.1. The van der Waals surface area contributed by atoms with E-state index < -0.39 is 54.3 Å². The molecule has 12 heteroatoms. The largest absolute Gasteiger partial charge is 0.463 e. The smallest absolute Gasteiger partial charge is 0.308 e. The molecular weight excluding hydrogens is 446 g/mol. The number of aromatic nitrogens is 4. The van der Waals surface area contributed by atoms with Crippen molar-refractivity contribution >= 4 is 34.9 Å². The zero-order chi connectivity index (χ0) is 25.2. The summed E-state index contributed by atoms with van der Waals surface area (Å²) in [5.41, 5.74) is 6.59. The summed E-state index contributed by atoms with van der Waals surface area (Å²) in [4.78, 5) is 49.6. The first-order valence-electron chi connectivity index (χ1n) is 11.2. The molecule has 2 N–H and O–H groups in total. The lowest BCUT2D eigenvalue weighted by Crippen LogP contribution is -2.42. The predicted octanol–water partition coefficient (Wildman–Crippen LogP) is 1.64. The standard InChI is InChI=1S/C22H31N5O7/c1-10(2)20(28)31-7-13-15(33-21(29)11(3)4)16(34-22(30)12(5)6)19(32-13)27-9-26-14-17(23)24-8-25-18(14)27/h8-13,15-16,19H,7H2,1-6H3,(H2,23,24,25). The minimum absolute atomic E-state index is 0.169. The number of carbonyl (C=O) groups is 3. The molecule has 3 heterocycles. The summed E-state index contributed by atoms with van der Waals surface area (Å²) in [6.07, 6.45) is -1.28. The van der Waals surface area contributed by atoms with E-state index in [0.717, 1.165) is 0 Å². The first-order chi connectivity index (χ1) is 16.0. The number of carbonyl (C=O) groups excluding carboxylic acids is 3. The average Bonchev–Trinajstić information content (AvgIpc) is 3.34. The van der Waals surface area contributed by atoms with Crippen LogP contribution in [0, 0.1) is 17.8 Å². The molecule has 0 saturated carbocycles. The van der Waals surface area contributed by atoms with Crippen LogP contribution in [0.4, 0.5) is 5.82 Å². The van der Waals surface area contributed by atoms with Gasteiger partial charge in [-0.2, -0.15) is 0 Å². The Hall–Kier alpha value is -3.28. The Bertz CT molecular complexity index is 1050. The van der Waals surface area contributed by atoms with Gasteiger partial charge in [-0.15, -0.1) is 0 Å². The maximum absolute atomic E-state index is 12.6. The van der Waals surface area contributed by atoms with E-state index in [4.69, 9.17) is 24.7 Å². The Morgan fingerprint density at radius 2 is 1.53 bits per heavy atom. The van der Waals surface area contributed by atoms with Crippen LogP contribution in [0.25, 0.3) is 11.2 Å². The molecule has 1 aliphatic heterocycles. The molecular formula is C22H31N5O7. The van der Waals surface area contributed by atoms with Gasteiger partial charge in [0.15, 0.2) is 29.9 Å². The third-order valence-corrected chi connectivity index (χ3v) is 5.26. The van der Waals surface area contributed by atoms with Gasteiger partial charge < -0.3 is 24.7 Å². The fourth-order valence-corrected chi connectivity index (χ4v) is 3.26. The van der Waals surface area contributed by atoms with Crippen LogP contribution in [0.1, 0.15) is 47.8 Å². The van der Waals surface area contributed by atoms with Gasteiger partial charge in [-0.05, 0) is 0 Å². The molecule has 1 aliphatic rings. The maximum Gasteiger partial charge on any atom is 0.308 e. The van der Waals surface area contributed by atoms with Gasteiger partial charge in [-0.25, -0.2) is 15.0 Å². The Labute approximate surface area is 197 Å². The predicted molar refractivity (Wildman–Crippen MR) is 119 cm³/mol. The number of hydrogen-bond acceptors (Lipinski definition) is 11. The lowest BCUT2D eigenvalue weighted by atomic mass is 10.1. The number of imidazole rings is 1. The van der Waals surface area contributed by atoms with Crippen LogP contribution in [-0.4, -0.2) is 62.3 Å². The molecule has 4 atom stereocenters. The number of nitrogen functional groups attached to an aromatic ring is 1. The second-order valence-corrected chi connectivity index (χ2v) is 9.05. The van der Waals surface area contributed by atoms with Crippen LogP contribution in [-0.2, 0) is 33.3 Å². The number of ether oxygens (including phenoxy) is 4. The number of fused-ring (bicyclic) bond motifs is 1. The molecule has 0 amide bonds. The molecule has 0 radical (unpaired) electrons. The van der Waals surface area contributed by atoms with E-state index in [0.29, 0.717) is 11.2 Å². The van der Waals surface area contributed by atoms with Gasteiger partial charge in [-0.3, -0.25) is 19.0 Å². The quantitative estimate of drug-likeness (QED) is 0.435. The third-order valence-electron chi connectivity index (χ3n) is 5.26. The van der Waals surface area contributed by atoms with E-state index in [1.807, 2.05) is 0 Å². The fourth-order valence-electron chi connectivity index (χ4n) is 3.26. The average molecular weight is 478 g/mol. The highest BCUT2D eigenvalue weighted by molar-refractivity contribution is 5.81. The number of nitrogens with zero attached hydrogens (tertiary/aromatic N) is 4. The lowest BCUT2D eigenvalue weighted by Gasteiger charge is -2.26. The van der Waals surface area contributed by atoms with Gasteiger partial charge in [-0.1, -0.05) is 41.5 Å². The maximum atomic E-state index is 12.6. The third kappa shape index (κ3) is 5.27. The summed E-state index contributed by atoms with van der Waals surface area (Å²) in [7, 11) is 0. The second-order valence-electron chi connectivity index (χ2n) is 9.05. The Morgan fingerprint density at radius 3 is 2.12 bits per heavy atom. The zero-order valence-electron chi connectivity index (χ0n) is 20.1. The molecule has 3 rings (SSSR count). The fraction of sp³-hybridized carbons (Fsp3) is 0.636. The molecule has 12 nitrogen and oxygen atoms in total. The van der Waals surface area contributed by atoms with Gasteiger partial charge in [0, 0.05) is 0 Å². The summed E-state index contributed by atoms with van der Waals surface area (Å²) in [5, 5.41) is 0. The lowest BCUT2D eigenvalue weighted by molar-refractivity contribution is -0.173. The van der Waals surface area contributed by atoms with Crippen molar-refractivity contribution in [1.29, 1.82) is 0 Å². The summed E-state index contributed by atoms with van der Waals surface area (Å²) in [5.74, 6) is -2.54. The molecule has 4 unspecified atom stereocenters. The second kappa shape index (κ2) is 10.3. The Kier molecular flexibility index (Phi) is 7.70. The molecule has 1 fully saturated rings.